The quantitative estimate of drug-likeness (QED) is 0.681. The van der Waals surface area contributed by atoms with E-state index in [-0.39, 0.29) is 11.9 Å². The molecular weight excluding hydrogens is 366 g/mol. The van der Waals surface area contributed by atoms with E-state index >= 15 is 0 Å². The number of carbonyl (C=O) groups excluding carboxylic acids is 1. The minimum Gasteiger partial charge on any atom is -0.496 e. The molecule has 1 atom stereocenters. The molecule has 0 aliphatic carbocycles. The average molecular weight is 398 g/mol. The van der Waals surface area contributed by atoms with Crippen LogP contribution < -0.4 is 20.1 Å². The molecule has 0 saturated carbocycles. The standard InChI is InChI=1S/C23H31N3O3/c1-3-14-29-19-10-8-18(9-11-19)15-25-23(27)17-26-13-12-24-16-21(26)20-6-4-5-7-22(20)28-2/h4-11,21,24H,3,12-17H2,1-2H3,(H,25,27). The number of methoxy groups -OCH3 is 1. The maximum Gasteiger partial charge on any atom is 0.234 e. The number of hydrogen-bond donors (Lipinski definition) is 2. The summed E-state index contributed by atoms with van der Waals surface area (Å²) in [5.41, 5.74) is 2.17. The molecule has 156 valence electrons. The lowest BCUT2D eigenvalue weighted by Gasteiger charge is -2.36. The number of rotatable bonds is 9. The van der Waals surface area contributed by atoms with Crippen molar-refractivity contribution in [2.45, 2.75) is 25.9 Å². The van der Waals surface area contributed by atoms with Crippen molar-refractivity contribution >= 4 is 5.91 Å². The van der Waals surface area contributed by atoms with E-state index in [1.165, 1.54) is 0 Å². The van der Waals surface area contributed by atoms with Gasteiger partial charge < -0.3 is 20.1 Å². The van der Waals surface area contributed by atoms with Crippen molar-refractivity contribution in [2.24, 2.45) is 0 Å². The van der Waals surface area contributed by atoms with Gasteiger partial charge in [0.1, 0.15) is 11.5 Å². The third-order valence-electron chi connectivity index (χ3n) is 5.08. The first kappa shape index (κ1) is 21.1. The SMILES string of the molecule is CCCOc1ccc(CNC(=O)CN2CCNCC2c2ccccc2OC)cc1. The van der Waals surface area contributed by atoms with Crippen LogP contribution in [0.2, 0.25) is 0 Å². The molecule has 1 amide bonds. The number of nitrogens with one attached hydrogen (secondary N) is 2. The summed E-state index contributed by atoms with van der Waals surface area (Å²) in [5, 5.41) is 6.46. The van der Waals surface area contributed by atoms with Gasteiger partial charge in [0.15, 0.2) is 0 Å². The molecule has 6 heteroatoms. The third-order valence-corrected chi connectivity index (χ3v) is 5.08. The van der Waals surface area contributed by atoms with E-state index in [0.717, 1.165) is 48.7 Å². The van der Waals surface area contributed by atoms with Crippen molar-refractivity contribution in [1.29, 1.82) is 0 Å². The number of benzene rings is 2. The van der Waals surface area contributed by atoms with Gasteiger partial charge in [-0.05, 0) is 30.2 Å². The van der Waals surface area contributed by atoms with Gasteiger partial charge in [0.2, 0.25) is 5.91 Å². The number of ether oxygens (including phenoxy) is 2. The first-order chi connectivity index (χ1) is 14.2. The maximum atomic E-state index is 12.6. The number of para-hydroxylation sites is 1. The van der Waals surface area contributed by atoms with Crippen LogP contribution in [0.3, 0.4) is 0 Å². The minimum absolute atomic E-state index is 0.0260. The fourth-order valence-corrected chi connectivity index (χ4v) is 3.55. The number of amides is 1. The number of carbonyl (C=O) groups is 1. The zero-order chi connectivity index (χ0) is 20.5. The Bertz CT molecular complexity index is 779. The summed E-state index contributed by atoms with van der Waals surface area (Å²) in [6.45, 7) is 6.17. The van der Waals surface area contributed by atoms with Gasteiger partial charge in [0.25, 0.3) is 0 Å². The predicted molar refractivity (Wildman–Crippen MR) is 114 cm³/mol. The number of hydrogen-bond acceptors (Lipinski definition) is 5. The van der Waals surface area contributed by atoms with Crippen molar-refractivity contribution in [3.8, 4) is 11.5 Å². The van der Waals surface area contributed by atoms with E-state index in [0.29, 0.717) is 19.7 Å². The predicted octanol–water partition coefficient (Wildman–Crippen LogP) is 2.75. The molecule has 29 heavy (non-hydrogen) atoms. The molecule has 1 unspecified atom stereocenters. The molecule has 6 nitrogen and oxygen atoms in total. The summed E-state index contributed by atoms with van der Waals surface area (Å²) in [4.78, 5) is 14.8. The smallest absolute Gasteiger partial charge is 0.234 e. The third kappa shape index (κ3) is 5.95. The average Bonchev–Trinajstić information content (AvgIpc) is 2.77. The highest BCUT2D eigenvalue weighted by Gasteiger charge is 2.27. The van der Waals surface area contributed by atoms with Gasteiger partial charge in [0.05, 0.1) is 26.3 Å². The number of piperazine rings is 1. The second kappa shape index (κ2) is 10.8. The Balaban J connectivity index is 1.55. The van der Waals surface area contributed by atoms with Crippen LogP contribution in [0.25, 0.3) is 0 Å². The first-order valence-electron chi connectivity index (χ1n) is 10.3. The van der Waals surface area contributed by atoms with Crippen LogP contribution in [0.15, 0.2) is 48.5 Å². The highest BCUT2D eigenvalue weighted by Crippen LogP contribution is 2.29. The normalized spacial score (nSPS) is 17.0. The summed E-state index contributed by atoms with van der Waals surface area (Å²) in [6.07, 6.45) is 0.986. The Morgan fingerprint density at radius 2 is 2.00 bits per heavy atom. The van der Waals surface area contributed by atoms with Gasteiger partial charge in [-0.1, -0.05) is 37.3 Å². The second-order valence-electron chi connectivity index (χ2n) is 7.20. The molecule has 1 aliphatic heterocycles. The van der Waals surface area contributed by atoms with Gasteiger partial charge >= 0.3 is 0 Å². The summed E-state index contributed by atoms with van der Waals surface area (Å²) in [6, 6.07) is 16.0. The number of nitrogens with zero attached hydrogens (tertiary/aromatic N) is 1. The molecule has 0 aromatic heterocycles. The zero-order valence-corrected chi connectivity index (χ0v) is 17.3. The lowest BCUT2D eigenvalue weighted by Crippen LogP contribution is -2.49. The van der Waals surface area contributed by atoms with E-state index in [1.807, 2.05) is 42.5 Å². The Morgan fingerprint density at radius 3 is 2.76 bits per heavy atom. The molecule has 1 fully saturated rings. The van der Waals surface area contributed by atoms with E-state index < -0.39 is 0 Å². The molecular formula is C23H31N3O3. The lowest BCUT2D eigenvalue weighted by molar-refractivity contribution is -0.123. The Hall–Kier alpha value is -2.57. The summed E-state index contributed by atoms with van der Waals surface area (Å²) in [5.74, 6) is 1.75. The highest BCUT2D eigenvalue weighted by molar-refractivity contribution is 5.78. The minimum atomic E-state index is 0.0260. The topological polar surface area (TPSA) is 62.8 Å². The molecule has 0 spiro atoms. The summed E-state index contributed by atoms with van der Waals surface area (Å²) in [7, 11) is 1.69. The molecule has 1 heterocycles. The van der Waals surface area contributed by atoms with Crippen LogP contribution in [-0.2, 0) is 11.3 Å². The molecule has 0 bridgehead atoms. The van der Waals surface area contributed by atoms with Crippen LogP contribution in [0.5, 0.6) is 11.5 Å². The highest BCUT2D eigenvalue weighted by atomic mass is 16.5. The Kier molecular flexibility index (Phi) is 7.90. The fraction of sp³-hybridized carbons (Fsp3) is 0.435. The van der Waals surface area contributed by atoms with E-state index in [2.05, 4.69) is 28.5 Å². The van der Waals surface area contributed by atoms with Crippen LogP contribution in [-0.4, -0.2) is 50.7 Å². The molecule has 2 aromatic rings. The van der Waals surface area contributed by atoms with E-state index in [9.17, 15) is 4.79 Å². The van der Waals surface area contributed by atoms with Crippen molar-refractivity contribution in [3.05, 3.63) is 59.7 Å². The van der Waals surface area contributed by atoms with E-state index in [4.69, 9.17) is 9.47 Å². The molecule has 2 N–H and O–H groups in total. The Morgan fingerprint density at radius 1 is 1.21 bits per heavy atom. The monoisotopic (exact) mass is 397 g/mol. The molecule has 0 radical (unpaired) electrons. The van der Waals surface area contributed by atoms with Crippen LogP contribution >= 0.6 is 0 Å². The van der Waals surface area contributed by atoms with Crippen LogP contribution in [0.4, 0.5) is 0 Å². The van der Waals surface area contributed by atoms with Gasteiger partial charge in [-0.3, -0.25) is 9.69 Å². The molecule has 1 aliphatic rings. The largest absolute Gasteiger partial charge is 0.496 e. The van der Waals surface area contributed by atoms with Gasteiger partial charge in [0, 0.05) is 31.7 Å². The van der Waals surface area contributed by atoms with E-state index in [1.54, 1.807) is 7.11 Å². The summed E-state index contributed by atoms with van der Waals surface area (Å²) >= 11 is 0. The Labute approximate surface area is 173 Å². The molecule has 3 rings (SSSR count). The molecule has 2 aromatic carbocycles. The maximum absolute atomic E-state index is 12.6. The first-order valence-corrected chi connectivity index (χ1v) is 10.3. The van der Waals surface area contributed by atoms with Gasteiger partial charge in [-0.25, -0.2) is 0 Å². The zero-order valence-electron chi connectivity index (χ0n) is 17.3. The van der Waals surface area contributed by atoms with Crippen molar-refractivity contribution in [1.82, 2.24) is 15.5 Å². The van der Waals surface area contributed by atoms with Gasteiger partial charge in [-0.15, -0.1) is 0 Å². The lowest BCUT2D eigenvalue weighted by atomic mass is 10.0. The summed E-state index contributed by atoms with van der Waals surface area (Å²) < 4.78 is 11.1. The van der Waals surface area contributed by atoms with Crippen molar-refractivity contribution in [2.75, 3.05) is 39.9 Å². The van der Waals surface area contributed by atoms with Crippen molar-refractivity contribution in [3.63, 3.8) is 0 Å². The molecule has 1 saturated heterocycles. The van der Waals surface area contributed by atoms with Crippen molar-refractivity contribution < 1.29 is 14.3 Å². The van der Waals surface area contributed by atoms with Crippen LogP contribution in [0.1, 0.15) is 30.5 Å². The van der Waals surface area contributed by atoms with Gasteiger partial charge in [-0.2, -0.15) is 0 Å². The van der Waals surface area contributed by atoms with Crippen LogP contribution in [0, 0.1) is 0 Å². The second-order valence-corrected chi connectivity index (χ2v) is 7.20. The fourth-order valence-electron chi connectivity index (χ4n) is 3.55.